The van der Waals surface area contributed by atoms with Crippen LogP contribution in [0.1, 0.15) is 74.4 Å². The van der Waals surface area contributed by atoms with Crippen LogP contribution >= 0.6 is 0 Å². The Hall–Kier alpha value is -5.18. The number of hydrogen-bond acceptors (Lipinski definition) is 13. The number of esters is 1. The topological polar surface area (TPSA) is 212 Å². The van der Waals surface area contributed by atoms with Crippen molar-refractivity contribution in [3.8, 4) is 17.2 Å². The Balaban J connectivity index is 1.23. The molecule has 1 fully saturated rings. The molecule has 1 saturated heterocycles. The van der Waals surface area contributed by atoms with E-state index in [-0.39, 0.29) is 40.8 Å². The van der Waals surface area contributed by atoms with Crippen LogP contribution in [0.5, 0.6) is 17.2 Å². The molecule has 270 valence electrons. The number of rotatable bonds is 8. The third-order valence-electron chi connectivity index (χ3n) is 10.2. The van der Waals surface area contributed by atoms with Gasteiger partial charge in [-0.15, -0.1) is 0 Å². The zero-order valence-corrected chi connectivity index (χ0v) is 28.3. The average molecular weight is 712 g/mol. The summed E-state index contributed by atoms with van der Waals surface area (Å²) in [5.41, 5.74) is 2.92. The molecular formula is C39H37NO12. The lowest BCUT2D eigenvalue weighted by molar-refractivity contribution is -0.247. The van der Waals surface area contributed by atoms with Crippen LogP contribution in [-0.4, -0.2) is 87.6 Å². The third-order valence-corrected chi connectivity index (χ3v) is 10.2. The van der Waals surface area contributed by atoms with Crippen molar-refractivity contribution < 1.29 is 58.6 Å². The number of aliphatic hydroxyl groups excluding tert-OH is 1. The van der Waals surface area contributed by atoms with E-state index in [0.29, 0.717) is 5.56 Å². The van der Waals surface area contributed by atoms with Crippen LogP contribution in [0, 0.1) is 0 Å². The summed E-state index contributed by atoms with van der Waals surface area (Å²) in [5.74, 6) is -4.57. The Morgan fingerprint density at radius 3 is 2.42 bits per heavy atom. The molecule has 1 aliphatic heterocycles. The highest BCUT2D eigenvalue weighted by Gasteiger charge is 2.50. The van der Waals surface area contributed by atoms with Gasteiger partial charge < -0.3 is 45.1 Å². The smallest absolute Gasteiger partial charge is 0.310 e. The Morgan fingerprint density at radius 1 is 0.962 bits per heavy atom. The second-order valence-electron chi connectivity index (χ2n) is 13.5. The van der Waals surface area contributed by atoms with E-state index in [0.717, 1.165) is 10.8 Å². The molecule has 0 radical (unpaired) electrons. The number of methoxy groups -OCH3 is 1. The maximum absolute atomic E-state index is 13.9. The van der Waals surface area contributed by atoms with Gasteiger partial charge in [0.1, 0.15) is 22.8 Å². The number of ether oxygens (including phenoxy) is 4. The highest BCUT2D eigenvalue weighted by molar-refractivity contribution is 6.31. The van der Waals surface area contributed by atoms with E-state index in [9.17, 15) is 39.6 Å². The van der Waals surface area contributed by atoms with Gasteiger partial charge >= 0.3 is 5.97 Å². The summed E-state index contributed by atoms with van der Waals surface area (Å²) in [7, 11) is 1.32. The number of nitrogens with two attached hydrogens (primary N) is 1. The van der Waals surface area contributed by atoms with Crippen LogP contribution in [0.15, 0.2) is 60.7 Å². The van der Waals surface area contributed by atoms with Crippen molar-refractivity contribution in [2.45, 2.75) is 68.9 Å². The number of Topliss-reactive ketones (excluding diaryl/α,β-unsaturated/α-hetero) is 1. The predicted octanol–water partition coefficient (Wildman–Crippen LogP) is 2.95. The first-order valence-corrected chi connectivity index (χ1v) is 16.8. The van der Waals surface area contributed by atoms with Crippen molar-refractivity contribution in [2.24, 2.45) is 5.73 Å². The molecule has 0 saturated carbocycles. The van der Waals surface area contributed by atoms with Crippen molar-refractivity contribution >= 4 is 34.1 Å². The van der Waals surface area contributed by atoms with E-state index in [1.54, 1.807) is 19.1 Å². The lowest BCUT2D eigenvalue weighted by Gasteiger charge is -2.42. The minimum absolute atomic E-state index is 0.0187. The molecule has 0 spiro atoms. The minimum atomic E-state index is -2.35. The van der Waals surface area contributed by atoms with Gasteiger partial charge in [-0.3, -0.25) is 19.2 Å². The highest BCUT2D eigenvalue weighted by Crippen LogP contribution is 2.52. The van der Waals surface area contributed by atoms with Gasteiger partial charge in [-0.2, -0.15) is 0 Å². The molecule has 2 aliphatic carbocycles. The van der Waals surface area contributed by atoms with E-state index in [1.807, 2.05) is 30.3 Å². The summed E-state index contributed by atoms with van der Waals surface area (Å²) in [6.45, 7) is 0.745. The molecule has 4 aromatic carbocycles. The number of aliphatic hydroxyl groups is 2. The molecule has 6 atom stereocenters. The van der Waals surface area contributed by atoms with Crippen LogP contribution in [-0.2, 0) is 36.6 Å². The zero-order chi connectivity index (χ0) is 37.1. The molecule has 4 aromatic rings. The Kier molecular flexibility index (Phi) is 9.09. The molecule has 0 amide bonds. The second-order valence-corrected chi connectivity index (χ2v) is 13.5. The number of hydrogen-bond donors (Lipinski definition) is 5. The van der Waals surface area contributed by atoms with Gasteiger partial charge in [-0.25, -0.2) is 0 Å². The highest BCUT2D eigenvalue weighted by atomic mass is 16.7. The second kappa shape index (κ2) is 13.4. The van der Waals surface area contributed by atoms with Crippen molar-refractivity contribution in [3.05, 3.63) is 99.6 Å². The quantitative estimate of drug-likeness (QED) is 0.116. The normalized spacial score (nSPS) is 25.2. The number of aromatic hydroxyl groups is 2. The summed E-state index contributed by atoms with van der Waals surface area (Å²) in [5, 5.41) is 47.5. The minimum Gasteiger partial charge on any atom is -0.507 e. The standard InChI is InChI=1S/C39H37NO12/c1-18-34(43)24(40)14-29(51-18)52-26-16-39(48,27(41)17-50-28(42)13-20-9-5-8-19-7-3-4-10-21(19)20)15-23-31(26)38(47)33-32(36(23)45)35(44)22-11-6-12-25(49-2)30(22)37(33)46/h3-12,18,24,26,29,34,43,45,47-48H,13-17,40H2,1-2H3/t18?,24?,26-,29?,34?,39-/m0/s1. The molecule has 7 rings (SSSR count). The first-order valence-electron chi connectivity index (χ1n) is 16.8. The molecule has 0 aromatic heterocycles. The van der Waals surface area contributed by atoms with Gasteiger partial charge in [-0.1, -0.05) is 54.6 Å². The number of fused-ring (bicyclic) bond motifs is 4. The maximum Gasteiger partial charge on any atom is 0.310 e. The number of phenols is 2. The Labute approximate surface area is 297 Å². The van der Waals surface area contributed by atoms with Crippen LogP contribution in [0.4, 0.5) is 0 Å². The summed E-state index contributed by atoms with van der Waals surface area (Å²) in [6, 6.07) is 16.6. The number of carbonyl (C=O) groups excluding carboxylic acids is 4. The van der Waals surface area contributed by atoms with Gasteiger partial charge in [0.15, 0.2) is 18.7 Å². The largest absolute Gasteiger partial charge is 0.507 e. The maximum atomic E-state index is 13.9. The van der Waals surface area contributed by atoms with Crippen LogP contribution in [0.3, 0.4) is 0 Å². The van der Waals surface area contributed by atoms with E-state index in [1.165, 1.54) is 25.3 Å². The van der Waals surface area contributed by atoms with E-state index in [2.05, 4.69) is 0 Å². The first kappa shape index (κ1) is 35.2. The fourth-order valence-corrected chi connectivity index (χ4v) is 7.54. The Bertz CT molecular complexity index is 2130. The molecule has 3 aliphatic rings. The molecule has 0 bridgehead atoms. The number of phenolic OH excluding ortho intramolecular Hbond substituents is 2. The van der Waals surface area contributed by atoms with Crippen molar-refractivity contribution in [3.63, 3.8) is 0 Å². The van der Waals surface area contributed by atoms with Crippen LogP contribution in [0.25, 0.3) is 10.8 Å². The summed E-state index contributed by atoms with van der Waals surface area (Å²) < 4.78 is 22.7. The molecule has 1 heterocycles. The molecule has 6 N–H and O–H groups in total. The summed E-state index contributed by atoms with van der Waals surface area (Å²) in [6.07, 6.45) is -5.62. The third kappa shape index (κ3) is 5.90. The van der Waals surface area contributed by atoms with E-state index < -0.39 is 102 Å². The molecule has 13 nitrogen and oxygen atoms in total. The average Bonchev–Trinajstić information content (AvgIpc) is 3.12. The lowest BCUT2D eigenvalue weighted by atomic mass is 9.72. The first-order chi connectivity index (χ1) is 24.8. The van der Waals surface area contributed by atoms with Gasteiger partial charge in [-0.05, 0) is 29.3 Å². The van der Waals surface area contributed by atoms with Gasteiger partial charge in [0.05, 0.1) is 48.5 Å². The number of carbonyl (C=O) groups is 4. The molecule has 13 heteroatoms. The SMILES string of the molecule is COc1cccc2c1C(=O)c1c(O)c3c(c(O)c1C2=O)C[C@@](O)(C(=O)COC(=O)Cc1cccc2ccccc12)C[C@@H]3OC1CC(N)C(O)C(C)O1. The summed E-state index contributed by atoms with van der Waals surface area (Å²) in [4.78, 5) is 54.5. The number of ketones is 3. The summed E-state index contributed by atoms with van der Waals surface area (Å²) >= 11 is 0. The molecular weight excluding hydrogens is 674 g/mol. The van der Waals surface area contributed by atoms with Crippen molar-refractivity contribution in [1.29, 1.82) is 0 Å². The monoisotopic (exact) mass is 711 g/mol. The Morgan fingerprint density at radius 2 is 1.67 bits per heavy atom. The lowest BCUT2D eigenvalue weighted by Crippen LogP contribution is -2.53. The molecule has 4 unspecified atom stereocenters. The van der Waals surface area contributed by atoms with Gasteiger partial charge in [0.2, 0.25) is 11.6 Å². The number of benzene rings is 4. The van der Waals surface area contributed by atoms with Gasteiger partial charge in [0.25, 0.3) is 0 Å². The van der Waals surface area contributed by atoms with E-state index in [4.69, 9.17) is 24.7 Å². The van der Waals surface area contributed by atoms with Gasteiger partial charge in [0, 0.05) is 42.0 Å². The predicted molar refractivity (Wildman–Crippen MR) is 183 cm³/mol. The van der Waals surface area contributed by atoms with Crippen molar-refractivity contribution in [1.82, 2.24) is 0 Å². The van der Waals surface area contributed by atoms with Crippen LogP contribution in [0.2, 0.25) is 0 Å². The fraction of sp³-hybridized carbons (Fsp3) is 0.333. The molecule has 52 heavy (non-hydrogen) atoms. The zero-order valence-electron chi connectivity index (χ0n) is 28.3. The van der Waals surface area contributed by atoms with Crippen LogP contribution < -0.4 is 10.5 Å². The van der Waals surface area contributed by atoms with E-state index >= 15 is 0 Å². The fourth-order valence-electron chi connectivity index (χ4n) is 7.54. The van der Waals surface area contributed by atoms with Crippen molar-refractivity contribution in [2.75, 3.05) is 13.7 Å².